The molecule has 30 heavy (non-hydrogen) atoms. The summed E-state index contributed by atoms with van der Waals surface area (Å²) in [7, 11) is 0. The number of carbonyl (C=O) groups excluding carboxylic acids is 1. The van der Waals surface area contributed by atoms with Gasteiger partial charge >= 0.3 is 0 Å². The summed E-state index contributed by atoms with van der Waals surface area (Å²) in [6.45, 7) is 8.30. The highest BCUT2D eigenvalue weighted by Crippen LogP contribution is 2.25. The molecule has 0 unspecified atom stereocenters. The largest absolute Gasteiger partial charge is 0.342 e. The molecule has 3 aromatic rings. The molecule has 0 bridgehead atoms. The Bertz CT molecular complexity index is 1050. The topological polar surface area (TPSA) is 59.8 Å². The Morgan fingerprint density at radius 3 is 2.63 bits per heavy atom. The van der Waals surface area contributed by atoms with Gasteiger partial charge in [-0.1, -0.05) is 70.9 Å². The zero-order valence-corrected chi connectivity index (χ0v) is 19.1. The number of hydrogen-bond donors (Lipinski definition) is 1. The van der Waals surface area contributed by atoms with Crippen LogP contribution in [0.1, 0.15) is 40.3 Å². The number of carbonyl (C=O) groups is 1. The highest BCUT2D eigenvalue weighted by Gasteiger charge is 2.21. The van der Waals surface area contributed by atoms with E-state index in [4.69, 9.17) is 23.2 Å². The molecule has 0 saturated carbocycles. The maximum Gasteiger partial charge on any atom is 0.253 e. The predicted octanol–water partition coefficient (Wildman–Crippen LogP) is 5.86. The molecule has 1 atom stereocenters. The number of amides is 1. The van der Waals surface area contributed by atoms with E-state index in [0.717, 1.165) is 10.9 Å². The minimum Gasteiger partial charge on any atom is -0.342 e. The van der Waals surface area contributed by atoms with Crippen molar-refractivity contribution in [3.05, 3.63) is 87.7 Å². The molecule has 0 aliphatic carbocycles. The predicted molar refractivity (Wildman–Crippen MR) is 123 cm³/mol. The molecule has 1 aromatic heterocycles. The minimum absolute atomic E-state index is 0.300. The molecule has 3 rings (SSSR count). The SMILES string of the molecule is C=CCn1c(SCc2ccc(C)cc2)nnc1[C@@H](C)NC(=O)c1ccc(Cl)cc1Cl. The van der Waals surface area contributed by atoms with E-state index in [2.05, 4.69) is 53.3 Å². The highest BCUT2D eigenvalue weighted by molar-refractivity contribution is 7.98. The van der Waals surface area contributed by atoms with Gasteiger partial charge in [-0.3, -0.25) is 4.79 Å². The van der Waals surface area contributed by atoms with Crippen LogP contribution in [0, 0.1) is 6.92 Å². The molecule has 0 radical (unpaired) electrons. The van der Waals surface area contributed by atoms with E-state index < -0.39 is 0 Å². The lowest BCUT2D eigenvalue weighted by molar-refractivity contribution is 0.0937. The van der Waals surface area contributed by atoms with Crippen LogP contribution in [-0.4, -0.2) is 20.7 Å². The van der Waals surface area contributed by atoms with Gasteiger partial charge in [0.15, 0.2) is 11.0 Å². The standard InChI is InChI=1S/C22H22Cl2N4OS/c1-4-11-28-20(15(3)25-21(29)18-10-9-17(23)12-19(18)24)26-27-22(28)30-13-16-7-5-14(2)6-8-16/h4-10,12,15H,1,11,13H2,2-3H3,(H,25,29)/t15-/m1/s1. The molecular formula is C22H22Cl2N4OS. The summed E-state index contributed by atoms with van der Waals surface area (Å²) in [5.74, 6) is 1.13. The summed E-state index contributed by atoms with van der Waals surface area (Å²) in [4.78, 5) is 12.7. The van der Waals surface area contributed by atoms with E-state index in [-0.39, 0.29) is 11.9 Å². The van der Waals surface area contributed by atoms with Crippen molar-refractivity contribution in [3.8, 4) is 0 Å². The quantitative estimate of drug-likeness (QED) is 0.337. The van der Waals surface area contributed by atoms with Gasteiger partial charge < -0.3 is 9.88 Å². The number of aryl methyl sites for hydroxylation is 1. The van der Waals surface area contributed by atoms with Gasteiger partial charge in [-0.25, -0.2) is 0 Å². The number of aromatic nitrogens is 3. The van der Waals surface area contributed by atoms with Gasteiger partial charge in [-0.2, -0.15) is 0 Å². The number of hydrogen-bond acceptors (Lipinski definition) is 4. The van der Waals surface area contributed by atoms with Gasteiger partial charge in [0.05, 0.1) is 16.6 Å². The van der Waals surface area contributed by atoms with Crippen LogP contribution in [0.5, 0.6) is 0 Å². The molecule has 0 aliphatic rings. The molecule has 0 saturated heterocycles. The van der Waals surface area contributed by atoms with Crippen molar-refractivity contribution >= 4 is 40.9 Å². The zero-order chi connectivity index (χ0) is 21.7. The minimum atomic E-state index is -0.370. The summed E-state index contributed by atoms with van der Waals surface area (Å²) < 4.78 is 1.96. The summed E-state index contributed by atoms with van der Waals surface area (Å²) >= 11 is 13.7. The lowest BCUT2D eigenvalue weighted by Crippen LogP contribution is -2.29. The number of thioether (sulfide) groups is 1. The molecule has 0 spiro atoms. The smallest absolute Gasteiger partial charge is 0.253 e. The second-order valence-corrected chi connectivity index (χ2v) is 8.62. The first-order valence-corrected chi connectivity index (χ1v) is 11.1. The average Bonchev–Trinajstić information content (AvgIpc) is 3.10. The number of nitrogens with zero attached hydrogens (tertiary/aromatic N) is 3. The summed E-state index contributed by atoms with van der Waals surface area (Å²) in [5.41, 5.74) is 2.79. The van der Waals surface area contributed by atoms with Gasteiger partial charge in [0.2, 0.25) is 0 Å². The van der Waals surface area contributed by atoms with Gasteiger partial charge in [-0.05, 0) is 37.6 Å². The molecule has 1 N–H and O–H groups in total. The van der Waals surface area contributed by atoms with Crippen molar-refractivity contribution in [3.63, 3.8) is 0 Å². The van der Waals surface area contributed by atoms with E-state index >= 15 is 0 Å². The van der Waals surface area contributed by atoms with Gasteiger partial charge in [0.1, 0.15) is 0 Å². The van der Waals surface area contributed by atoms with Gasteiger partial charge in [-0.15, -0.1) is 16.8 Å². The van der Waals surface area contributed by atoms with Crippen LogP contribution in [0.2, 0.25) is 10.0 Å². The van der Waals surface area contributed by atoms with E-state index in [1.54, 1.807) is 36.0 Å². The molecule has 156 valence electrons. The van der Waals surface area contributed by atoms with Crippen LogP contribution in [0.3, 0.4) is 0 Å². The fourth-order valence-electron chi connectivity index (χ4n) is 2.87. The first-order chi connectivity index (χ1) is 14.4. The second kappa shape index (κ2) is 10.2. The van der Waals surface area contributed by atoms with Crippen LogP contribution >= 0.6 is 35.0 Å². The van der Waals surface area contributed by atoms with Crippen LogP contribution in [0.25, 0.3) is 0 Å². The van der Waals surface area contributed by atoms with Crippen LogP contribution in [-0.2, 0) is 12.3 Å². The van der Waals surface area contributed by atoms with Crippen LogP contribution in [0.4, 0.5) is 0 Å². The molecule has 5 nitrogen and oxygen atoms in total. The van der Waals surface area contributed by atoms with E-state index in [1.807, 2.05) is 11.5 Å². The monoisotopic (exact) mass is 460 g/mol. The van der Waals surface area contributed by atoms with Crippen molar-refractivity contribution in [1.29, 1.82) is 0 Å². The molecule has 8 heteroatoms. The number of rotatable bonds is 8. The van der Waals surface area contributed by atoms with E-state index in [0.29, 0.717) is 28.0 Å². The van der Waals surface area contributed by atoms with Gasteiger partial charge in [0.25, 0.3) is 5.91 Å². The fraction of sp³-hybridized carbons (Fsp3) is 0.227. The Morgan fingerprint density at radius 1 is 1.23 bits per heavy atom. The van der Waals surface area contributed by atoms with E-state index in [1.165, 1.54) is 11.1 Å². The molecule has 1 amide bonds. The Kier molecular flexibility index (Phi) is 7.58. The highest BCUT2D eigenvalue weighted by atomic mass is 35.5. The third-order valence-electron chi connectivity index (χ3n) is 4.46. The van der Waals surface area contributed by atoms with Crippen LogP contribution in [0.15, 0.2) is 60.3 Å². The lowest BCUT2D eigenvalue weighted by atomic mass is 10.2. The summed E-state index contributed by atoms with van der Waals surface area (Å²) in [6, 6.07) is 12.8. The molecular weight excluding hydrogens is 439 g/mol. The summed E-state index contributed by atoms with van der Waals surface area (Å²) in [6.07, 6.45) is 1.79. The zero-order valence-electron chi connectivity index (χ0n) is 16.7. The first kappa shape index (κ1) is 22.4. The Balaban J connectivity index is 1.75. The van der Waals surface area contributed by atoms with Crippen molar-refractivity contribution < 1.29 is 4.79 Å². The number of halogens is 2. The number of benzene rings is 2. The van der Waals surface area contributed by atoms with Crippen molar-refractivity contribution in [2.24, 2.45) is 0 Å². The molecule has 2 aromatic carbocycles. The van der Waals surface area contributed by atoms with E-state index in [9.17, 15) is 4.79 Å². The first-order valence-electron chi connectivity index (χ1n) is 9.37. The lowest BCUT2D eigenvalue weighted by Gasteiger charge is -2.16. The van der Waals surface area contributed by atoms with Gasteiger partial charge in [0, 0.05) is 17.3 Å². The molecule has 1 heterocycles. The Morgan fingerprint density at radius 2 is 1.97 bits per heavy atom. The van der Waals surface area contributed by atoms with Crippen molar-refractivity contribution in [1.82, 2.24) is 20.1 Å². The third kappa shape index (κ3) is 5.45. The average molecular weight is 461 g/mol. The normalized spacial score (nSPS) is 11.9. The Labute approximate surface area is 190 Å². The maximum atomic E-state index is 12.7. The number of nitrogens with one attached hydrogen (secondary N) is 1. The number of allylic oxidation sites excluding steroid dienone is 1. The second-order valence-electron chi connectivity index (χ2n) is 6.83. The Hall–Kier alpha value is -2.28. The maximum absolute atomic E-state index is 12.7. The van der Waals surface area contributed by atoms with Crippen LogP contribution < -0.4 is 5.32 Å². The third-order valence-corrected chi connectivity index (χ3v) is 6.04. The van der Waals surface area contributed by atoms with Crippen molar-refractivity contribution in [2.75, 3.05) is 0 Å². The molecule has 0 fully saturated rings. The molecule has 0 aliphatic heterocycles. The fourth-order valence-corrected chi connectivity index (χ4v) is 4.28. The van der Waals surface area contributed by atoms with Crippen molar-refractivity contribution in [2.45, 2.75) is 37.3 Å². The summed E-state index contributed by atoms with van der Waals surface area (Å²) in [5, 5.41) is 13.1.